The van der Waals surface area contributed by atoms with Crippen molar-refractivity contribution in [2.45, 2.75) is 117 Å². The maximum absolute atomic E-state index is 12.0. The van der Waals surface area contributed by atoms with E-state index in [2.05, 4.69) is 59.8 Å². The highest BCUT2D eigenvalue weighted by Gasteiger charge is 2.80. The summed E-state index contributed by atoms with van der Waals surface area (Å²) >= 11 is 0. The van der Waals surface area contributed by atoms with Gasteiger partial charge in [0.15, 0.2) is 0 Å². The molecule has 1 heterocycles. The first-order chi connectivity index (χ1) is 15.9. The molecule has 0 aromatic carbocycles. The molecule has 1 aliphatic heterocycles. The number of carbonyl (C=O) groups is 1. The van der Waals surface area contributed by atoms with Crippen LogP contribution in [0.5, 0.6) is 0 Å². The van der Waals surface area contributed by atoms with E-state index in [1.165, 1.54) is 25.3 Å². The van der Waals surface area contributed by atoms with Crippen LogP contribution in [-0.4, -0.2) is 34.5 Å². The predicted octanol–water partition coefficient (Wildman–Crippen LogP) is 6.23. The Balaban J connectivity index is 1.41. The maximum atomic E-state index is 12.0. The monoisotopic (exact) mass is 470 g/mol. The second kappa shape index (κ2) is 7.93. The Morgan fingerprint density at radius 3 is 2.56 bits per heavy atom. The smallest absolute Gasteiger partial charge is 0.302 e. The normalized spacial score (nSPS) is 48.9. The van der Waals surface area contributed by atoms with E-state index in [0.29, 0.717) is 42.4 Å². The van der Waals surface area contributed by atoms with Crippen LogP contribution >= 0.6 is 0 Å². The molecule has 10 atom stereocenters. The predicted molar refractivity (Wildman–Crippen MR) is 134 cm³/mol. The lowest BCUT2D eigenvalue weighted by Crippen LogP contribution is -2.64. The van der Waals surface area contributed by atoms with E-state index in [-0.39, 0.29) is 34.6 Å². The number of esters is 1. The molecule has 5 rings (SSSR count). The van der Waals surface area contributed by atoms with Gasteiger partial charge in [0.2, 0.25) is 0 Å². The molecule has 0 radical (unpaired) electrons. The van der Waals surface area contributed by atoms with Crippen molar-refractivity contribution < 1.29 is 19.4 Å². The first kappa shape index (κ1) is 24.6. The SMILES string of the molecule is CC(=O)O[C@@H]1CC[C@]2(C)[C@@](O)(CC=C3[C@@H]4CC[C@H]([C@H](C)/C=C/[C@H](C)C(C)C)[C@]4(C)C[C@H]4O[C@@]342)C1. The molecule has 0 amide bonds. The quantitative estimate of drug-likeness (QED) is 0.294. The van der Waals surface area contributed by atoms with E-state index in [4.69, 9.17) is 9.47 Å². The number of carbonyl (C=O) groups excluding carboxylic acids is 1. The van der Waals surface area contributed by atoms with E-state index in [9.17, 15) is 9.90 Å². The van der Waals surface area contributed by atoms with Gasteiger partial charge in [-0.1, -0.05) is 59.8 Å². The van der Waals surface area contributed by atoms with Crippen LogP contribution in [-0.2, 0) is 14.3 Å². The molecular formula is C30H46O4. The molecule has 0 aromatic rings. The summed E-state index contributed by atoms with van der Waals surface area (Å²) in [6, 6.07) is 0. The number of epoxide rings is 1. The average molecular weight is 471 g/mol. The summed E-state index contributed by atoms with van der Waals surface area (Å²) in [6.07, 6.45) is 13.7. The molecule has 4 aliphatic carbocycles. The Bertz CT molecular complexity index is 905. The standard InChI is InChI=1S/C30H46O4/c1-18(2)19(3)8-9-20(4)23-10-11-24-25-13-15-29(32)16-22(33-21(5)31)12-14-28(29,7)30(25)26(34-30)17-27(23,24)6/h8-9,13,18-20,22-24,26,32H,10-12,14-17H2,1-7H3/b9-8+/t19-,20+,22+,23+,24-,26+,27-,28+,29+,30-/m0/s1. The lowest BCUT2D eigenvalue weighted by atomic mass is 9.46. The summed E-state index contributed by atoms with van der Waals surface area (Å²) in [6.45, 7) is 15.6. The van der Waals surface area contributed by atoms with Gasteiger partial charge in [0.05, 0.1) is 11.7 Å². The third-order valence-corrected chi connectivity index (χ3v) is 11.3. The Kier molecular flexibility index (Phi) is 5.73. The van der Waals surface area contributed by atoms with Crippen molar-refractivity contribution >= 4 is 5.97 Å². The van der Waals surface area contributed by atoms with Crippen molar-refractivity contribution in [2.24, 2.45) is 40.4 Å². The summed E-state index contributed by atoms with van der Waals surface area (Å²) in [7, 11) is 0. The number of hydrogen-bond donors (Lipinski definition) is 1. The summed E-state index contributed by atoms with van der Waals surface area (Å²) < 4.78 is 12.3. The van der Waals surface area contributed by atoms with Gasteiger partial charge >= 0.3 is 5.97 Å². The third kappa shape index (κ3) is 3.26. The molecular weight excluding hydrogens is 424 g/mol. The van der Waals surface area contributed by atoms with Gasteiger partial charge in [-0.15, -0.1) is 0 Å². The van der Waals surface area contributed by atoms with E-state index in [1.54, 1.807) is 0 Å². The van der Waals surface area contributed by atoms with Gasteiger partial charge in [-0.05, 0) is 79.1 Å². The fourth-order valence-electron chi connectivity index (χ4n) is 8.87. The highest BCUT2D eigenvalue weighted by Crippen LogP contribution is 2.76. The molecule has 34 heavy (non-hydrogen) atoms. The van der Waals surface area contributed by atoms with E-state index < -0.39 is 5.60 Å². The summed E-state index contributed by atoms with van der Waals surface area (Å²) in [5.74, 6) is 2.82. The van der Waals surface area contributed by atoms with Crippen molar-refractivity contribution in [3.05, 3.63) is 23.8 Å². The van der Waals surface area contributed by atoms with E-state index >= 15 is 0 Å². The van der Waals surface area contributed by atoms with Gasteiger partial charge in [0, 0.05) is 18.8 Å². The Morgan fingerprint density at radius 2 is 1.88 bits per heavy atom. The topological polar surface area (TPSA) is 59.1 Å². The van der Waals surface area contributed by atoms with Gasteiger partial charge in [-0.2, -0.15) is 0 Å². The summed E-state index contributed by atoms with van der Waals surface area (Å²) in [5.41, 5.74) is 0.244. The maximum Gasteiger partial charge on any atom is 0.302 e. The minimum atomic E-state index is -0.877. The molecule has 1 N–H and O–H groups in total. The van der Waals surface area contributed by atoms with Crippen LogP contribution in [0.25, 0.3) is 0 Å². The molecule has 0 bridgehead atoms. The minimum Gasteiger partial charge on any atom is -0.462 e. The highest BCUT2D eigenvalue weighted by molar-refractivity contribution is 5.66. The number of rotatable bonds is 5. The van der Waals surface area contributed by atoms with Crippen LogP contribution in [0.4, 0.5) is 0 Å². The zero-order valence-electron chi connectivity index (χ0n) is 22.4. The molecule has 3 saturated carbocycles. The highest BCUT2D eigenvalue weighted by atomic mass is 16.6. The Hall–Kier alpha value is -1.13. The van der Waals surface area contributed by atoms with Crippen LogP contribution in [0.2, 0.25) is 0 Å². The van der Waals surface area contributed by atoms with Crippen LogP contribution < -0.4 is 0 Å². The molecule has 1 spiro atoms. The van der Waals surface area contributed by atoms with Crippen LogP contribution in [0.1, 0.15) is 93.4 Å². The van der Waals surface area contributed by atoms with Gasteiger partial charge in [-0.3, -0.25) is 4.79 Å². The van der Waals surface area contributed by atoms with Gasteiger partial charge < -0.3 is 14.6 Å². The molecule has 0 aromatic heterocycles. The van der Waals surface area contributed by atoms with Crippen molar-refractivity contribution in [1.29, 1.82) is 0 Å². The second-order valence-corrected chi connectivity index (χ2v) is 13.3. The first-order valence-electron chi connectivity index (χ1n) is 13.8. The zero-order valence-corrected chi connectivity index (χ0v) is 22.4. The lowest BCUT2D eigenvalue weighted by molar-refractivity contribution is -0.183. The number of fused-ring (bicyclic) bond motifs is 3. The van der Waals surface area contributed by atoms with E-state index in [1.807, 2.05) is 0 Å². The Morgan fingerprint density at radius 1 is 1.15 bits per heavy atom. The van der Waals surface area contributed by atoms with Crippen LogP contribution in [0.3, 0.4) is 0 Å². The fraction of sp³-hybridized carbons (Fsp3) is 0.833. The minimum absolute atomic E-state index is 0.190. The molecule has 4 nitrogen and oxygen atoms in total. The lowest BCUT2D eigenvalue weighted by Gasteiger charge is -2.59. The third-order valence-electron chi connectivity index (χ3n) is 11.3. The number of ether oxygens (including phenoxy) is 2. The van der Waals surface area contributed by atoms with Crippen molar-refractivity contribution in [3.63, 3.8) is 0 Å². The number of allylic oxidation sites excluding steroid dienone is 2. The summed E-state index contributed by atoms with van der Waals surface area (Å²) in [4.78, 5) is 11.6. The molecule has 4 fully saturated rings. The number of aliphatic hydroxyl groups is 1. The van der Waals surface area contributed by atoms with Crippen molar-refractivity contribution in [2.75, 3.05) is 0 Å². The molecule has 0 unspecified atom stereocenters. The van der Waals surface area contributed by atoms with Crippen molar-refractivity contribution in [1.82, 2.24) is 0 Å². The van der Waals surface area contributed by atoms with Gasteiger partial charge in [0.25, 0.3) is 0 Å². The van der Waals surface area contributed by atoms with E-state index in [0.717, 1.165) is 19.3 Å². The molecule has 1 saturated heterocycles. The van der Waals surface area contributed by atoms with Gasteiger partial charge in [0.1, 0.15) is 11.7 Å². The Labute approximate surface area is 206 Å². The van der Waals surface area contributed by atoms with Gasteiger partial charge in [-0.25, -0.2) is 0 Å². The van der Waals surface area contributed by atoms with Crippen molar-refractivity contribution in [3.8, 4) is 0 Å². The number of hydrogen-bond acceptors (Lipinski definition) is 4. The average Bonchev–Trinajstić information content (AvgIpc) is 3.36. The summed E-state index contributed by atoms with van der Waals surface area (Å²) in [5, 5.41) is 12.0. The zero-order chi connectivity index (χ0) is 24.7. The largest absolute Gasteiger partial charge is 0.462 e. The molecule has 4 heteroatoms. The van der Waals surface area contributed by atoms with Crippen LogP contribution in [0, 0.1) is 40.4 Å². The molecule has 5 aliphatic rings. The first-order valence-corrected chi connectivity index (χ1v) is 13.8. The second-order valence-electron chi connectivity index (χ2n) is 13.3. The molecule has 190 valence electrons. The van der Waals surface area contributed by atoms with Crippen LogP contribution in [0.15, 0.2) is 23.8 Å². The fourth-order valence-corrected chi connectivity index (χ4v) is 8.87.